The van der Waals surface area contributed by atoms with Gasteiger partial charge in [-0.25, -0.2) is 34.2 Å². The van der Waals surface area contributed by atoms with Gasteiger partial charge in [0.2, 0.25) is 24.3 Å². The standard InChI is InChI=1S/C25H34N4O4/c1-25(29-17-33)11-10-19(13-26-14-30)22(12-25)24(18-6-8-20(9-7-18)27-15-31)21-4-2-3-5-23(21)28-16-32/h18-24H,2-13H2,1H3. The van der Waals surface area contributed by atoms with Crippen LogP contribution in [0.15, 0.2) is 20.0 Å². The van der Waals surface area contributed by atoms with Gasteiger partial charge in [-0.2, -0.15) is 4.99 Å². The zero-order valence-electron chi connectivity index (χ0n) is 19.4. The lowest BCUT2D eigenvalue weighted by Gasteiger charge is -2.50. The molecule has 8 nitrogen and oxygen atoms in total. The van der Waals surface area contributed by atoms with Gasteiger partial charge in [0.15, 0.2) is 0 Å². The van der Waals surface area contributed by atoms with Crippen LogP contribution in [0.4, 0.5) is 0 Å². The van der Waals surface area contributed by atoms with E-state index >= 15 is 0 Å². The molecule has 33 heavy (non-hydrogen) atoms. The zero-order chi connectivity index (χ0) is 23.7. The second kappa shape index (κ2) is 12.1. The third kappa shape index (κ3) is 6.31. The molecule has 0 aliphatic heterocycles. The summed E-state index contributed by atoms with van der Waals surface area (Å²) in [5.41, 5.74) is -0.483. The fourth-order valence-corrected chi connectivity index (χ4v) is 7.05. The molecule has 0 heterocycles. The SMILES string of the molecule is CC1(N=C=O)CCC(CN=C=O)C(C(C2CCC(N=C=O)CC2)C2CCCCC2N=C=O)C1. The van der Waals surface area contributed by atoms with E-state index in [9.17, 15) is 19.2 Å². The predicted molar refractivity (Wildman–Crippen MR) is 122 cm³/mol. The molecule has 0 radical (unpaired) electrons. The minimum atomic E-state index is -0.483. The first-order valence-electron chi connectivity index (χ1n) is 12.3. The Hall–Kier alpha value is -2.48. The minimum Gasteiger partial charge on any atom is -0.211 e. The molecule has 3 fully saturated rings. The summed E-state index contributed by atoms with van der Waals surface area (Å²) in [7, 11) is 0. The Morgan fingerprint density at radius 1 is 0.818 bits per heavy atom. The van der Waals surface area contributed by atoms with Crippen LogP contribution in [-0.2, 0) is 19.2 Å². The van der Waals surface area contributed by atoms with Crippen LogP contribution in [0.1, 0.15) is 77.6 Å². The molecule has 0 spiro atoms. The van der Waals surface area contributed by atoms with Crippen molar-refractivity contribution in [3.63, 3.8) is 0 Å². The molecule has 0 aromatic rings. The van der Waals surface area contributed by atoms with Crippen molar-refractivity contribution in [1.82, 2.24) is 0 Å². The fraction of sp³-hybridized carbons (Fsp3) is 0.840. The molecule has 178 valence electrons. The number of aliphatic imine (C=N–C) groups is 4. The van der Waals surface area contributed by atoms with Crippen molar-refractivity contribution < 1.29 is 19.2 Å². The van der Waals surface area contributed by atoms with Crippen LogP contribution in [-0.4, -0.2) is 48.5 Å². The fourth-order valence-electron chi connectivity index (χ4n) is 7.05. The Morgan fingerprint density at radius 3 is 2.21 bits per heavy atom. The maximum atomic E-state index is 11.2. The van der Waals surface area contributed by atoms with Crippen LogP contribution in [0.3, 0.4) is 0 Å². The first-order valence-corrected chi connectivity index (χ1v) is 12.3. The summed E-state index contributed by atoms with van der Waals surface area (Å²) in [4.78, 5) is 60.4. The van der Waals surface area contributed by atoms with E-state index in [2.05, 4.69) is 20.0 Å². The van der Waals surface area contributed by atoms with Crippen LogP contribution in [0, 0.1) is 29.6 Å². The first-order chi connectivity index (χ1) is 16.0. The van der Waals surface area contributed by atoms with Crippen molar-refractivity contribution in [2.24, 2.45) is 49.6 Å². The van der Waals surface area contributed by atoms with Crippen molar-refractivity contribution in [3.8, 4) is 0 Å². The Kier molecular flexibility index (Phi) is 9.23. The molecule has 0 bridgehead atoms. The third-order valence-corrected chi connectivity index (χ3v) is 8.55. The minimum absolute atomic E-state index is 0.0290. The second-order valence-corrected chi connectivity index (χ2v) is 10.4. The molecular weight excluding hydrogens is 420 g/mol. The first kappa shape index (κ1) is 25.1. The van der Waals surface area contributed by atoms with Crippen molar-refractivity contribution >= 4 is 24.3 Å². The number of isocyanates is 4. The van der Waals surface area contributed by atoms with E-state index < -0.39 is 5.54 Å². The second-order valence-electron chi connectivity index (χ2n) is 10.4. The van der Waals surface area contributed by atoms with Gasteiger partial charge in [0.05, 0.1) is 24.2 Å². The van der Waals surface area contributed by atoms with Crippen LogP contribution >= 0.6 is 0 Å². The molecule has 3 saturated carbocycles. The highest BCUT2D eigenvalue weighted by Gasteiger charge is 2.48. The molecule has 0 amide bonds. The third-order valence-electron chi connectivity index (χ3n) is 8.55. The number of hydrogen-bond donors (Lipinski definition) is 0. The molecule has 0 saturated heterocycles. The Morgan fingerprint density at radius 2 is 1.55 bits per heavy atom. The Labute approximate surface area is 195 Å². The number of nitrogens with zero attached hydrogens (tertiary/aromatic N) is 4. The lowest BCUT2D eigenvalue weighted by Crippen LogP contribution is -2.47. The Balaban J connectivity index is 1.98. The normalized spacial score (nSPS) is 37.2. The van der Waals surface area contributed by atoms with Crippen LogP contribution in [0.25, 0.3) is 0 Å². The van der Waals surface area contributed by atoms with Gasteiger partial charge in [0.1, 0.15) is 0 Å². The molecule has 8 heteroatoms. The highest BCUT2D eigenvalue weighted by Crippen LogP contribution is 2.52. The van der Waals surface area contributed by atoms with Crippen molar-refractivity contribution in [3.05, 3.63) is 0 Å². The molecule has 3 aliphatic carbocycles. The van der Waals surface area contributed by atoms with E-state index in [0.717, 1.165) is 70.6 Å². The summed E-state index contributed by atoms with van der Waals surface area (Å²) in [6.07, 6.45) is 16.9. The molecule has 6 atom stereocenters. The highest BCUT2D eigenvalue weighted by atomic mass is 16.1. The average molecular weight is 455 g/mol. The summed E-state index contributed by atoms with van der Waals surface area (Å²) >= 11 is 0. The van der Waals surface area contributed by atoms with Crippen molar-refractivity contribution in [1.29, 1.82) is 0 Å². The topological polar surface area (TPSA) is 118 Å². The highest BCUT2D eigenvalue weighted by molar-refractivity contribution is 5.35. The summed E-state index contributed by atoms with van der Waals surface area (Å²) in [6.45, 7) is 2.43. The van der Waals surface area contributed by atoms with E-state index in [0.29, 0.717) is 12.5 Å². The smallest absolute Gasteiger partial charge is 0.211 e. The number of carbonyl (C=O) groups excluding carboxylic acids is 4. The van der Waals surface area contributed by atoms with Crippen LogP contribution in [0.2, 0.25) is 0 Å². The summed E-state index contributed by atoms with van der Waals surface area (Å²) in [5, 5.41) is 0. The van der Waals surface area contributed by atoms with Gasteiger partial charge >= 0.3 is 0 Å². The Bertz CT molecular complexity index is 860. The maximum Gasteiger partial charge on any atom is 0.235 e. The van der Waals surface area contributed by atoms with E-state index in [1.54, 1.807) is 18.2 Å². The van der Waals surface area contributed by atoms with E-state index in [4.69, 9.17) is 0 Å². The molecular formula is C25H34N4O4. The molecule has 6 unspecified atom stereocenters. The molecule has 0 aromatic heterocycles. The maximum absolute atomic E-state index is 11.2. The van der Waals surface area contributed by atoms with Gasteiger partial charge in [-0.05, 0) is 94.3 Å². The van der Waals surface area contributed by atoms with Gasteiger partial charge in [-0.15, -0.1) is 0 Å². The van der Waals surface area contributed by atoms with Gasteiger partial charge in [-0.3, -0.25) is 0 Å². The van der Waals surface area contributed by atoms with E-state index in [1.807, 2.05) is 13.0 Å². The summed E-state index contributed by atoms with van der Waals surface area (Å²) in [5.74, 6) is 1.29. The lowest BCUT2D eigenvalue weighted by molar-refractivity contribution is 0.0100. The van der Waals surface area contributed by atoms with Gasteiger partial charge in [-0.1, -0.05) is 12.8 Å². The van der Waals surface area contributed by atoms with Crippen molar-refractivity contribution in [2.75, 3.05) is 6.54 Å². The van der Waals surface area contributed by atoms with Gasteiger partial charge < -0.3 is 0 Å². The average Bonchev–Trinajstić information content (AvgIpc) is 2.81. The summed E-state index contributed by atoms with van der Waals surface area (Å²) in [6, 6.07) is -0.0220. The predicted octanol–water partition coefficient (Wildman–Crippen LogP) is 4.24. The van der Waals surface area contributed by atoms with Crippen LogP contribution < -0.4 is 0 Å². The largest absolute Gasteiger partial charge is 0.235 e. The van der Waals surface area contributed by atoms with E-state index in [1.165, 1.54) is 0 Å². The number of hydrogen-bond acceptors (Lipinski definition) is 8. The lowest BCUT2D eigenvalue weighted by atomic mass is 9.56. The zero-order valence-corrected chi connectivity index (χ0v) is 19.4. The summed E-state index contributed by atoms with van der Waals surface area (Å²) < 4.78 is 0. The monoisotopic (exact) mass is 454 g/mol. The molecule has 3 aliphatic rings. The van der Waals surface area contributed by atoms with Gasteiger partial charge in [0.25, 0.3) is 0 Å². The van der Waals surface area contributed by atoms with Crippen molar-refractivity contribution in [2.45, 2.75) is 95.2 Å². The van der Waals surface area contributed by atoms with Crippen LogP contribution in [0.5, 0.6) is 0 Å². The van der Waals surface area contributed by atoms with E-state index in [-0.39, 0.29) is 35.8 Å². The molecule has 0 aromatic carbocycles. The molecule has 0 N–H and O–H groups in total. The number of rotatable bonds is 8. The molecule has 3 rings (SSSR count). The quantitative estimate of drug-likeness (QED) is 0.402. The van der Waals surface area contributed by atoms with Gasteiger partial charge in [0, 0.05) is 0 Å².